The van der Waals surface area contributed by atoms with Gasteiger partial charge in [-0.2, -0.15) is 5.26 Å². The summed E-state index contributed by atoms with van der Waals surface area (Å²) in [6.07, 6.45) is 0. The van der Waals surface area contributed by atoms with Crippen molar-refractivity contribution in [2.24, 2.45) is 5.92 Å². The molecule has 0 bridgehead atoms. The first-order valence-corrected chi connectivity index (χ1v) is 5.85. The van der Waals surface area contributed by atoms with E-state index in [1.807, 2.05) is 0 Å². The van der Waals surface area contributed by atoms with Crippen molar-refractivity contribution >= 4 is 11.4 Å². The summed E-state index contributed by atoms with van der Waals surface area (Å²) < 4.78 is 0. The van der Waals surface area contributed by atoms with E-state index in [9.17, 15) is 20.2 Å². The van der Waals surface area contributed by atoms with E-state index in [2.05, 4.69) is 6.07 Å². The predicted octanol–water partition coefficient (Wildman–Crippen LogP) is 2.09. The quantitative estimate of drug-likeness (QED) is 0.581. The molecular formula is C12H14N4O4. The molecule has 0 saturated carbocycles. The summed E-state index contributed by atoms with van der Waals surface area (Å²) in [7, 11) is 1.74. The van der Waals surface area contributed by atoms with Gasteiger partial charge in [-0.25, -0.2) is 0 Å². The first-order chi connectivity index (χ1) is 9.35. The molecule has 0 aromatic heterocycles. The Hall–Kier alpha value is -2.53. The Morgan fingerprint density at radius 3 is 2.50 bits per heavy atom. The molecule has 0 aliphatic carbocycles. The van der Waals surface area contributed by atoms with Crippen LogP contribution in [0.4, 0.5) is 11.4 Å². The molecule has 1 aromatic carbocycles. The van der Waals surface area contributed by atoms with Crippen LogP contribution in [-0.2, 0) is 6.54 Å². The van der Waals surface area contributed by atoms with Crippen LogP contribution in [0.25, 0.3) is 0 Å². The second-order valence-electron chi connectivity index (χ2n) is 4.55. The Morgan fingerprint density at radius 2 is 2.00 bits per heavy atom. The normalized spacial score (nSPS) is 11.9. The maximum absolute atomic E-state index is 11.0. The lowest BCUT2D eigenvalue weighted by molar-refractivity contribution is -0.394. The zero-order valence-corrected chi connectivity index (χ0v) is 11.1. The molecule has 0 fully saturated rings. The molecule has 8 nitrogen and oxygen atoms in total. The molecule has 8 heteroatoms. The maximum atomic E-state index is 11.0. The number of non-ortho nitro benzene ring substituents is 1. The van der Waals surface area contributed by atoms with Gasteiger partial charge >= 0.3 is 0 Å². The van der Waals surface area contributed by atoms with E-state index >= 15 is 0 Å². The van der Waals surface area contributed by atoms with Crippen LogP contribution in [0.1, 0.15) is 12.5 Å². The van der Waals surface area contributed by atoms with E-state index in [-0.39, 0.29) is 23.8 Å². The third-order valence-electron chi connectivity index (χ3n) is 2.72. The molecule has 1 unspecified atom stereocenters. The molecule has 106 valence electrons. The summed E-state index contributed by atoms with van der Waals surface area (Å²) >= 11 is 0. The lowest BCUT2D eigenvalue weighted by Crippen LogP contribution is -2.23. The summed E-state index contributed by atoms with van der Waals surface area (Å²) in [6.45, 7) is 2.46. The van der Waals surface area contributed by atoms with Crippen LogP contribution in [0.3, 0.4) is 0 Å². The molecule has 1 atom stereocenters. The highest BCUT2D eigenvalue weighted by Gasteiger charge is 2.20. The summed E-state index contributed by atoms with van der Waals surface area (Å²) in [5.74, 6) is -0.197. The first-order valence-electron chi connectivity index (χ1n) is 5.85. The SMILES string of the molecule is CC(C#N)CN(C)Cc1ccc([N+](=O)[O-])cc1[N+](=O)[O-]. The summed E-state index contributed by atoms with van der Waals surface area (Å²) in [6, 6.07) is 5.65. The van der Waals surface area contributed by atoms with Crippen LogP contribution >= 0.6 is 0 Å². The number of nitriles is 1. The minimum atomic E-state index is -0.668. The van der Waals surface area contributed by atoms with Gasteiger partial charge in [-0.15, -0.1) is 0 Å². The van der Waals surface area contributed by atoms with Crippen molar-refractivity contribution in [3.05, 3.63) is 44.0 Å². The van der Waals surface area contributed by atoms with Crippen LogP contribution in [0.2, 0.25) is 0 Å². The number of nitrogens with zero attached hydrogens (tertiary/aromatic N) is 4. The highest BCUT2D eigenvalue weighted by molar-refractivity contribution is 5.49. The van der Waals surface area contributed by atoms with Crippen molar-refractivity contribution in [2.45, 2.75) is 13.5 Å². The summed E-state index contributed by atoms with van der Waals surface area (Å²) in [5.41, 5.74) is -0.211. The Labute approximate surface area is 115 Å². The fourth-order valence-corrected chi connectivity index (χ4v) is 1.83. The third kappa shape index (κ3) is 4.00. The number of benzene rings is 1. The monoisotopic (exact) mass is 278 g/mol. The van der Waals surface area contributed by atoms with Crippen molar-refractivity contribution < 1.29 is 9.85 Å². The van der Waals surface area contributed by atoms with E-state index in [0.29, 0.717) is 12.1 Å². The highest BCUT2D eigenvalue weighted by Crippen LogP contribution is 2.25. The first kappa shape index (κ1) is 15.5. The van der Waals surface area contributed by atoms with Gasteiger partial charge in [0, 0.05) is 24.7 Å². The molecule has 0 amide bonds. The molecule has 0 heterocycles. The van der Waals surface area contributed by atoms with Gasteiger partial charge in [-0.05, 0) is 20.0 Å². The van der Waals surface area contributed by atoms with Crippen molar-refractivity contribution in [3.63, 3.8) is 0 Å². The van der Waals surface area contributed by atoms with Crippen molar-refractivity contribution in [1.29, 1.82) is 5.26 Å². The molecule has 0 aliphatic rings. The summed E-state index contributed by atoms with van der Waals surface area (Å²) in [4.78, 5) is 22.1. The average molecular weight is 278 g/mol. The second kappa shape index (κ2) is 6.58. The Kier molecular flexibility index (Phi) is 5.11. The molecule has 1 rings (SSSR count). The minimum Gasteiger partial charge on any atom is -0.301 e. The molecule has 0 spiro atoms. The van der Waals surface area contributed by atoms with Gasteiger partial charge < -0.3 is 4.90 Å². The number of rotatable bonds is 6. The molecule has 0 radical (unpaired) electrons. The van der Waals surface area contributed by atoms with Crippen LogP contribution in [-0.4, -0.2) is 28.3 Å². The second-order valence-corrected chi connectivity index (χ2v) is 4.55. The van der Waals surface area contributed by atoms with E-state index in [4.69, 9.17) is 5.26 Å². The number of nitro benzene ring substituents is 2. The molecule has 20 heavy (non-hydrogen) atoms. The van der Waals surface area contributed by atoms with Gasteiger partial charge in [0.05, 0.1) is 27.9 Å². The van der Waals surface area contributed by atoms with Gasteiger partial charge in [-0.3, -0.25) is 20.2 Å². The van der Waals surface area contributed by atoms with Crippen LogP contribution in [0, 0.1) is 37.5 Å². The molecule has 0 N–H and O–H groups in total. The van der Waals surface area contributed by atoms with Gasteiger partial charge in [0.1, 0.15) is 0 Å². The van der Waals surface area contributed by atoms with Gasteiger partial charge in [0.25, 0.3) is 11.4 Å². The van der Waals surface area contributed by atoms with E-state index in [1.165, 1.54) is 12.1 Å². The van der Waals surface area contributed by atoms with Crippen molar-refractivity contribution in [1.82, 2.24) is 4.90 Å². The largest absolute Gasteiger partial charge is 0.301 e. The minimum absolute atomic E-state index is 0.197. The third-order valence-corrected chi connectivity index (χ3v) is 2.72. The zero-order valence-electron chi connectivity index (χ0n) is 11.1. The van der Waals surface area contributed by atoms with E-state index in [1.54, 1.807) is 18.9 Å². The lowest BCUT2D eigenvalue weighted by atomic mass is 10.1. The molecular weight excluding hydrogens is 264 g/mol. The highest BCUT2D eigenvalue weighted by atomic mass is 16.6. The van der Waals surface area contributed by atoms with Crippen LogP contribution in [0.5, 0.6) is 0 Å². The van der Waals surface area contributed by atoms with Gasteiger partial charge in [0.15, 0.2) is 0 Å². The smallest absolute Gasteiger partial charge is 0.280 e. The zero-order chi connectivity index (χ0) is 15.3. The van der Waals surface area contributed by atoms with E-state index in [0.717, 1.165) is 6.07 Å². The Bertz CT molecular complexity index is 567. The number of hydrogen-bond acceptors (Lipinski definition) is 6. The standard InChI is InChI=1S/C12H14N4O4/c1-9(6-13)7-14(2)8-10-3-4-11(15(17)18)5-12(10)16(19)20/h3-5,9H,7-8H2,1-2H3. The fraction of sp³-hybridized carbons (Fsp3) is 0.417. The number of hydrogen-bond donors (Lipinski definition) is 0. The molecule has 0 saturated heterocycles. The maximum Gasteiger partial charge on any atom is 0.280 e. The van der Waals surface area contributed by atoms with Gasteiger partial charge in [-0.1, -0.05) is 0 Å². The van der Waals surface area contributed by atoms with E-state index < -0.39 is 9.85 Å². The predicted molar refractivity (Wildman–Crippen MR) is 70.9 cm³/mol. The average Bonchev–Trinajstić information content (AvgIpc) is 2.38. The van der Waals surface area contributed by atoms with Crippen molar-refractivity contribution in [2.75, 3.05) is 13.6 Å². The Balaban J connectivity index is 2.98. The van der Waals surface area contributed by atoms with Crippen LogP contribution < -0.4 is 0 Å². The van der Waals surface area contributed by atoms with Crippen molar-refractivity contribution in [3.8, 4) is 6.07 Å². The fourth-order valence-electron chi connectivity index (χ4n) is 1.83. The topological polar surface area (TPSA) is 113 Å². The molecule has 0 aliphatic heterocycles. The lowest BCUT2D eigenvalue weighted by Gasteiger charge is -2.17. The summed E-state index contributed by atoms with van der Waals surface area (Å²) in [5, 5.41) is 30.3. The molecule has 1 aromatic rings. The number of nitro groups is 2. The van der Waals surface area contributed by atoms with Gasteiger partial charge in [0.2, 0.25) is 0 Å². The van der Waals surface area contributed by atoms with Crippen LogP contribution in [0.15, 0.2) is 18.2 Å². The Morgan fingerprint density at radius 1 is 1.35 bits per heavy atom.